The summed E-state index contributed by atoms with van der Waals surface area (Å²) in [5, 5.41) is 8.70. The SMILES string of the molecule is O=C(O)Cc1cccc(Oc2ncc(Br)cc2F)c1. The molecule has 0 atom stereocenters. The first-order valence-corrected chi connectivity index (χ1v) is 6.13. The molecule has 0 spiro atoms. The second-order valence-electron chi connectivity index (χ2n) is 3.76. The van der Waals surface area contributed by atoms with Gasteiger partial charge in [-0.3, -0.25) is 4.79 Å². The number of carboxylic acids is 1. The maximum atomic E-state index is 13.5. The normalized spacial score (nSPS) is 10.2. The lowest BCUT2D eigenvalue weighted by atomic mass is 10.1. The van der Waals surface area contributed by atoms with Gasteiger partial charge in [0.2, 0.25) is 0 Å². The Labute approximate surface area is 117 Å². The van der Waals surface area contributed by atoms with Crippen LogP contribution in [0, 0.1) is 5.82 Å². The number of hydrogen-bond donors (Lipinski definition) is 1. The van der Waals surface area contributed by atoms with Gasteiger partial charge in [-0.25, -0.2) is 9.37 Å². The third kappa shape index (κ3) is 3.75. The van der Waals surface area contributed by atoms with Crippen LogP contribution in [0.1, 0.15) is 5.56 Å². The number of rotatable bonds is 4. The number of pyridine rings is 1. The van der Waals surface area contributed by atoms with E-state index in [9.17, 15) is 9.18 Å². The third-order valence-corrected chi connectivity index (χ3v) is 2.68. The van der Waals surface area contributed by atoms with E-state index in [2.05, 4.69) is 20.9 Å². The van der Waals surface area contributed by atoms with Gasteiger partial charge < -0.3 is 9.84 Å². The van der Waals surface area contributed by atoms with Crippen LogP contribution in [0.15, 0.2) is 41.0 Å². The van der Waals surface area contributed by atoms with Gasteiger partial charge in [-0.2, -0.15) is 0 Å². The third-order valence-electron chi connectivity index (χ3n) is 2.24. The first-order chi connectivity index (χ1) is 9.04. The highest BCUT2D eigenvalue weighted by Gasteiger charge is 2.08. The van der Waals surface area contributed by atoms with Crippen LogP contribution in [0.2, 0.25) is 0 Å². The minimum absolute atomic E-state index is 0.118. The first kappa shape index (κ1) is 13.5. The zero-order chi connectivity index (χ0) is 13.8. The number of nitrogens with zero attached hydrogens (tertiary/aromatic N) is 1. The molecule has 6 heteroatoms. The van der Waals surface area contributed by atoms with Crippen molar-refractivity contribution in [3.63, 3.8) is 0 Å². The summed E-state index contributed by atoms with van der Waals surface area (Å²) in [6.45, 7) is 0. The molecule has 0 amide bonds. The van der Waals surface area contributed by atoms with Gasteiger partial charge in [-0.1, -0.05) is 12.1 Å². The first-order valence-electron chi connectivity index (χ1n) is 5.34. The molecule has 0 saturated carbocycles. The number of carbonyl (C=O) groups is 1. The van der Waals surface area contributed by atoms with Crippen LogP contribution >= 0.6 is 15.9 Å². The Morgan fingerprint density at radius 1 is 1.42 bits per heavy atom. The van der Waals surface area contributed by atoms with E-state index in [1.807, 2.05) is 0 Å². The Kier molecular flexibility index (Phi) is 4.11. The zero-order valence-electron chi connectivity index (χ0n) is 9.64. The van der Waals surface area contributed by atoms with Crippen molar-refractivity contribution in [1.82, 2.24) is 4.98 Å². The monoisotopic (exact) mass is 325 g/mol. The van der Waals surface area contributed by atoms with Gasteiger partial charge in [0.25, 0.3) is 5.88 Å². The van der Waals surface area contributed by atoms with Gasteiger partial charge in [0.05, 0.1) is 6.42 Å². The van der Waals surface area contributed by atoms with Crippen molar-refractivity contribution in [3.05, 3.63) is 52.4 Å². The van der Waals surface area contributed by atoms with Crippen molar-refractivity contribution in [2.24, 2.45) is 0 Å². The summed E-state index contributed by atoms with van der Waals surface area (Å²) in [5.74, 6) is -1.36. The molecule has 0 aliphatic carbocycles. The van der Waals surface area contributed by atoms with Crippen LogP contribution in [0.3, 0.4) is 0 Å². The molecule has 0 fully saturated rings. The van der Waals surface area contributed by atoms with Crippen LogP contribution in [0.25, 0.3) is 0 Å². The Morgan fingerprint density at radius 2 is 2.21 bits per heavy atom. The lowest BCUT2D eigenvalue weighted by Crippen LogP contribution is -2.00. The lowest BCUT2D eigenvalue weighted by molar-refractivity contribution is -0.136. The number of aromatic nitrogens is 1. The molecule has 0 radical (unpaired) electrons. The van der Waals surface area contributed by atoms with Crippen LogP contribution in [0.4, 0.5) is 4.39 Å². The van der Waals surface area contributed by atoms with E-state index in [1.54, 1.807) is 18.2 Å². The second-order valence-corrected chi connectivity index (χ2v) is 4.68. The molecule has 0 saturated heterocycles. The molecule has 2 rings (SSSR count). The maximum Gasteiger partial charge on any atom is 0.307 e. The quantitative estimate of drug-likeness (QED) is 0.935. The van der Waals surface area contributed by atoms with Crippen LogP contribution in [-0.2, 0) is 11.2 Å². The molecule has 1 N–H and O–H groups in total. The van der Waals surface area contributed by atoms with Gasteiger partial charge >= 0.3 is 5.97 Å². The molecular formula is C13H9BrFNO3. The number of carboxylic acid groups (broad SMARTS) is 1. The summed E-state index contributed by atoms with van der Waals surface area (Å²) in [6, 6.07) is 7.69. The molecule has 4 nitrogen and oxygen atoms in total. The fourth-order valence-electron chi connectivity index (χ4n) is 1.48. The van der Waals surface area contributed by atoms with Crippen molar-refractivity contribution < 1.29 is 19.0 Å². The highest BCUT2D eigenvalue weighted by molar-refractivity contribution is 9.10. The Hall–Kier alpha value is -1.95. The van der Waals surface area contributed by atoms with Gasteiger partial charge in [0.1, 0.15) is 5.75 Å². The molecule has 1 aromatic heterocycles. The summed E-state index contributed by atoms with van der Waals surface area (Å²) in [4.78, 5) is 14.4. The van der Waals surface area contributed by atoms with E-state index in [0.717, 1.165) is 0 Å². The standard InChI is InChI=1S/C13H9BrFNO3/c14-9-6-11(15)13(16-7-9)19-10-3-1-2-8(4-10)5-12(17)18/h1-4,6-7H,5H2,(H,17,18). The molecule has 98 valence electrons. The smallest absolute Gasteiger partial charge is 0.307 e. The number of halogens is 2. The van der Waals surface area contributed by atoms with Crippen LogP contribution in [0.5, 0.6) is 11.6 Å². The van der Waals surface area contributed by atoms with Gasteiger partial charge in [0, 0.05) is 10.7 Å². The minimum Gasteiger partial charge on any atom is -0.481 e. The largest absolute Gasteiger partial charge is 0.481 e. The highest BCUT2D eigenvalue weighted by Crippen LogP contribution is 2.24. The molecule has 19 heavy (non-hydrogen) atoms. The maximum absolute atomic E-state index is 13.5. The summed E-state index contributed by atoms with van der Waals surface area (Å²) in [7, 11) is 0. The topological polar surface area (TPSA) is 59.4 Å². The predicted molar refractivity (Wildman–Crippen MR) is 69.8 cm³/mol. The van der Waals surface area contributed by atoms with E-state index in [4.69, 9.17) is 9.84 Å². The number of hydrogen-bond acceptors (Lipinski definition) is 3. The lowest BCUT2D eigenvalue weighted by Gasteiger charge is -2.07. The molecule has 1 aromatic carbocycles. The molecule has 2 aromatic rings. The predicted octanol–water partition coefficient (Wildman–Crippen LogP) is 3.40. The van der Waals surface area contributed by atoms with Crippen molar-refractivity contribution in [2.45, 2.75) is 6.42 Å². The van der Waals surface area contributed by atoms with E-state index in [1.165, 1.54) is 18.3 Å². The van der Waals surface area contributed by atoms with Crippen molar-refractivity contribution in [1.29, 1.82) is 0 Å². The van der Waals surface area contributed by atoms with E-state index >= 15 is 0 Å². The molecular weight excluding hydrogens is 317 g/mol. The van der Waals surface area contributed by atoms with Gasteiger partial charge in [-0.05, 0) is 39.7 Å². The number of ether oxygens (including phenoxy) is 1. The van der Waals surface area contributed by atoms with E-state index in [0.29, 0.717) is 15.8 Å². The minimum atomic E-state index is -0.940. The summed E-state index contributed by atoms with van der Waals surface area (Å²) in [5.41, 5.74) is 0.572. The average molecular weight is 326 g/mol. The van der Waals surface area contributed by atoms with Crippen LogP contribution in [-0.4, -0.2) is 16.1 Å². The summed E-state index contributed by atoms with van der Waals surface area (Å²) in [6.07, 6.45) is 1.30. The molecule has 0 bridgehead atoms. The Bertz CT molecular complexity index is 619. The highest BCUT2D eigenvalue weighted by atomic mass is 79.9. The van der Waals surface area contributed by atoms with Crippen LogP contribution < -0.4 is 4.74 Å². The molecule has 0 unspecified atom stereocenters. The molecule has 0 aliphatic heterocycles. The molecule has 1 heterocycles. The average Bonchev–Trinajstić information content (AvgIpc) is 2.32. The van der Waals surface area contributed by atoms with Crippen molar-refractivity contribution in [3.8, 4) is 11.6 Å². The summed E-state index contributed by atoms with van der Waals surface area (Å²) >= 11 is 3.10. The number of aliphatic carboxylic acids is 1. The Balaban J connectivity index is 2.21. The van der Waals surface area contributed by atoms with E-state index in [-0.39, 0.29) is 12.3 Å². The second kappa shape index (κ2) is 5.79. The summed E-state index contributed by atoms with van der Waals surface area (Å²) < 4.78 is 19.3. The van der Waals surface area contributed by atoms with Crippen molar-refractivity contribution >= 4 is 21.9 Å². The fraction of sp³-hybridized carbons (Fsp3) is 0.0769. The van der Waals surface area contributed by atoms with Crippen molar-refractivity contribution in [2.75, 3.05) is 0 Å². The zero-order valence-corrected chi connectivity index (χ0v) is 11.2. The fourth-order valence-corrected chi connectivity index (χ4v) is 1.79. The van der Waals surface area contributed by atoms with Gasteiger partial charge in [-0.15, -0.1) is 0 Å². The van der Waals surface area contributed by atoms with E-state index < -0.39 is 11.8 Å². The molecule has 0 aliphatic rings. The van der Waals surface area contributed by atoms with Gasteiger partial charge in [0.15, 0.2) is 5.82 Å². The Morgan fingerprint density at radius 3 is 2.89 bits per heavy atom. The number of benzene rings is 1.